The molecule has 0 aromatic heterocycles. The van der Waals surface area contributed by atoms with Gasteiger partial charge in [0, 0.05) is 12.1 Å². The van der Waals surface area contributed by atoms with Crippen LogP contribution in [0.5, 0.6) is 11.5 Å². The Morgan fingerprint density at radius 3 is 1.44 bits per heavy atom. The summed E-state index contributed by atoms with van der Waals surface area (Å²) in [4.78, 5) is 0. The number of benzene rings is 1. The molecular formula is C24H5ClO2. The van der Waals surface area contributed by atoms with Crippen molar-refractivity contribution >= 4 is 11.6 Å². The van der Waals surface area contributed by atoms with E-state index in [4.69, 9.17) is 18.0 Å². The van der Waals surface area contributed by atoms with Crippen LogP contribution in [0.3, 0.4) is 0 Å². The molecule has 0 heterocycles. The van der Waals surface area contributed by atoms with Crippen molar-refractivity contribution in [3.8, 4) is 119 Å². The first kappa shape index (κ1) is 20.2. The van der Waals surface area contributed by atoms with Crippen molar-refractivity contribution in [3.63, 3.8) is 0 Å². The molecule has 1 rings (SSSR count). The first-order valence-corrected chi connectivity index (χ1v) is 7.21. The third-order valence-corrected chi connectivity index (χ3v) is 2.51. The van der Waals surface area contributed by atoms with Crippen molar-refractivity contribution in [1.29, 1.82) is 0 Å². The van der Waals surface area contributed by atoms with Gasteiger partial charge in [-0.25, -0.2) is 0 Å². The van der Waals surface area contributed by atoms with Crippen LogP contribution in [0.4, 0.5) is 0 Å². The Kier molecular flexibility index (Phi) is 9.39. The molecule has 2 nitrogen and oxygen atoms in total. The normalized spacial score (nSPS) is 6.07. The summed E-state index contributed by atoms with van der Waals surface area (Å²) < 4.78 is 0. The van der Waals surface area contributed by atoms with Gasteiger partial charge in [-0.05, 0) is 101 Å². The monoisotopic (exact) mass is 360 g/mol. The Morgan fingerprint density at radius 1 is 0.593 bits per heavy atom. The van der Waals surface area contributed by atoms with Gasteiger partial charge in [0.1, 0.15) is 11.5 Å². The molecular weight excluding hydrogens is 356 g/mol. The SMILES string of the molecule is C#CC#CC#CC#CC#CC#CC#CC#CC#Cc1cc(O)c(Cl)cc1O. The summed E-state index contributed by atoms with van der Waals surface area (Å²) >= 11 is 5.64. The van der Waals surface area contributed by atoms with Crippen molar-refractivity contribution in [1.82, 2.24) is 0 Å². The fourth-order valence-corrected chi connectivity index (χ4v) is 1.35. The second-order valence-corrected chi connectivity index (χ2v) is 4.37. The van der Waals surface area contributed by atoms with Crippen LogP contribution in [0.1, 0.15) is 5.56 Å². The molecule has 3 heteroatoms. The minimum absolute atomic E-state index is 0.0324. The molecule has 0 spiro atoms. The van der Waals surface area contributed by atoms with Gasteiger partial charge in [-0.3, -0.25) is 0 Å². The van der Waals surface area contributed by atoms with E-state index >= 15 is 0 Å². The number of aromatic hydroxyl groups is 2. The molecule has 0 atom stereocenters. The van der Waals surface area contributed by atoms with Crippen molar-refractivity contribution in [2.75, 3.05) is 0 Å². The lowest BCUT2D eigenvalue weighted by atomic mass is 10.2. The van der Waals surface area contributed by atoms with Crippen LogP contribution in [-0.2, 0) is 0 Å². The standard InChI is InChI=1S/C24H5ClO2/c1-2-3-4-5-6-7-8-9-10-11-12-13-14-15-16-17-18-21-19-24(27)22(25)20-23(21)26/h1,19-20,26-27H. The molecule has 0 bridgehead atoms. The topological polar surface area (TPSA) is 40.5 Å². The van der Waals surface area contributed by atoms with Crippen LogP contribution in [0.2, 0.25) is 5.02 Å². The summed E-state index contributed by atoms with van der Waals surface area (Å²) in [6, 6.07) is 2.43. The molecule has 27 heavy (non-hydrogen) atoms. The molecule has 0 aliphatic heterocycles. The van der Waals surface area contributed by atoms with E-state index in [0.717, 1.165) is 0 Å². The van der Waals surface area contributed by atoms with Gasteiger partial charge in [-0.15, -0.1) is 6.42 Å². The number of hydrogen-bond donors (Lipinski definition) is 2. The highest BCUT2D eigenvalue weighted by Crippen LogP contribution is 2.30. The summed E-state index contributed by atoms with van der Waals surface area (Å²) in [5.41, 5.74) is 0.197. The predicted molar refractivity (Wildman–Crippen MR) is 105 cm³/mol. The summed E-state index contributed by atoms with van der Waals surface area (Å²) in [6.07, 6.45) is 4.91. The molecule has 0 saturated heterocycles. The van der Waals surface area contributed by atoms with Gasteiger partial charge in [0.2, 0.25) is 0 Å². The Morgan fingerprint density at radius 2 is 1.00 bits per heavy atom. The van der Waals surface area contributed by atoms with Gasteiger partial charge in [0.15, 0.2) is 0 Å². The third kappa shape index (κ3) is 9.13. The second kappa shape index (κ2) is 12.6. The highest BCUT2D eigenvalue weighted by atomic mass is 35.5. The number of terminal acetylenes is 1. The Balaban J connectivity index is 2.61. The van der Waals surface area contributed by atoms with Gasteiger partial charge in [-0.2, -0.15) is 0 Å². The largest absolute Gasteiger partial charge is 0.507 e. The highest BCUT2D eigenvalue weighted by Gasteiger charge is 2.04. The van der Waals surface area contributed by atoms with Crippen molar-refractivity contribution in [2.45, 2.75) is 0 Å². The van der Waals surface area contributed by atoms with Crippen molar-refractivity contribution < 1.29 is 10.2 Å². The number of rotatable bonds is 0. The molecule has 0 unspecified atom stereocenters. The van der Waals surface area contributed by atoms with Gasteiger partial charge >= 0.3 is 0 Å². The molecule has 0 aliphatic carbocycles. The molecule has 0 radical (unpaired) electrons. The summed E-state index contributed by atoms with van der Waals surface area (Å²) in [5.74, 6) is 41.0. The van der Waals surface area contributed by atoms with Crippen LogP contribution in [0, 0.1) is 107 Å². The Hall–Kier alpha value is -4.85. The Bertz CT molecular complexity index is 1300. The molecule has 2 N–H and O–H groups in total. The van der Waals surface area contributed by atoms with Crippen LogP contribution >= 0.6 is 11.6 Å². The zero-order valence-corrected chi connectivity index (χ0v) is 14.3. The first-order valence-electron chi connectivity index (χ1n) is 6.83. The smallest absolute Gasteiger partial charge is 0.135 e. The van der Waals surface area contributed by atoms with Gasteiger partial charge in [-0.1, -0.05) is 11.6 Å². The number of hydrogen-bond acceptors (Lipinski definition) is 2. The van der Waals surface area contributed by atoms with E-state index in [1.807, 2.05) is 0 Å². The molecule has 0 fully saturated rings. The minimum atomic E-state index is -0.183. The van der Waals surface area contributed by atoms with Crippen LogP contribution in [0.15, 0.2) is 12.1 Å². The van der Waals surface area contributed by atoms with E-state index in [9.17, 15) is 10.2 Å². The van der Waals surface area contributed by atoms with E-state index in [-0.39, 0.29) is 22.1 Å². The average Bonchev–Trinajstić information content (AvgIpc) is 2.65. The van der Waals surface area contributed by atoms with E-state index < -0.39 is 0 Å². The highest BCUT2D eigenvalue weighted by molar-refractivity contribution is 6.32. The predicted octanol–water partition coefficient (Wildman–Crippen LogP) is 1.76. The molecule has 120 valence electrons. The number of phenols is 2. The van der Waals surface area contributed by atoms with E-state index in [1.165, 1.54) is 12.1 Å². The van der Waals surface area contributed by atoms with Gasteiger partial charge < -0.3 is 10.2 Å². The summed E-state index contributed by atoms with van der Waals surface area (Å²) in [6.45, 7) is 0. The van der Waals surface area contributed by atoms with Crippen LogP contribution in [0.25, 0.3) is 0 Å². The van der Waals surface area contributed by atoms with E-state index in [2.05, 4.69) is 101 Å². The van der Waals surface area contributed by atoms with Crippen LogP contribution in [-0.4, -0.2) is 10.2 Å². The molecule has 0 saturated carbocycles. The Labute approximate surface area is 163 Å². The second-order valence-electron chi connectivity index (χ2n) is 3.97. The van der Waals surface area contributed by atoms with Crippen molar-refractivity contribution in [2.24, 2.45) is 0 Å². The lowest BCUT2D eigenvalue weighted by Gasteiger charge is -1.99. The minimum Gasteiger partial charge on any atom is -0.507 e. The molecule has 0 aliphatic rings. The summed E-state index contributed by atoms with van der Waals surface area (Å²) in [5, 5.41) is 19.1. The number of halogens is 1. The summed E-state index contributed by atoms with van der Waals surface area (Å²) in [7, 11) is 0. The first-order chi connectivity index (χ1) is 13.1. The number of phenolic OH excluding ortho intramolecular Hbond substituents is 2. The average molecular weight is 361 g/mol. The zero-order valence-electron chi connectivity index (χ0n) is 13.5. The molecule has 0 amide bonds. The lowest BCUT2D eigenvalue weighted by Crippen LogP contribution is -1.77. The lowest BCUT2D eigenvalue weighted by molar-refractivity contribution is 0.459. The van der Waals surface area contributed by atoms with Crippen LogP contribution < -0.4 is 0 Å². The van der Waals surface area contributed by atoms with E-state index in [1.54, 1.807) is 0 Å². The fraction of sp³-hybridized carbons (Fsp3) is 0. The van der Waals surface area contributed by atoms with E-state index in [0.29, 0.717) is 0 Å². The maximum atomic E-state index is 9.61. The zero-order chi connectivity index (χ0) is 19.7. The van der Waals surface area contributed by atoms with Gasteiger partial charge in [0.05, 0.1) is 10.6 Å². The fourth-order valence-electron chi connectivity index (χ4n) is 1.19. The van der Waals surface area contributed by atoms with Crippen molar-refractivity contribution in [3.05, 3.63) is 22.7 Å². The molecule has 1 aromatic rings. The van der Waals surface area contributed by atoms with Gasteiger partial charge in [0.25, 0.3) is 0 Å². The quantitative estimate of drug-likeness (QED) is 0.547. The maximum absolute atomic E-state index is 9.61. The third-order valence-electron chi connectivity index (χ3n) is 2.21. The maximum Gasteiger partial charge on any atom is 0.135 e. The molecule has 1 aromatic carbocycles.